The molecule has 0 bridgehead atoms. The number of aliphatic hydroxyl groups is 1. The van der Waals surface area contributed by atoms with Gasteiger partial charge in [-0.15, -0.1) is 0 Å². The molecule has 0 aliphatic heterocycles. The van der Waals surface area contributed by atoms with Crippen molar-refractivity contribution in [3.05, 3.63) is 59.7 Å². The number of rotatable bonds is 4. The maximum Gasteiger partial charge on any atom is 0.326 e. The van der Waals surface area contributed by atoms with Crippen molar-refractivity contribution >= 4 is 17.4 Å². The highest BCUT2D eigenvalue weighted by atomic mass is 16.3. The largest absolute Gasteiger partial charge is 0.389 e. The molecule has 0 heterocycles. The van der Waals surface area contributed by atoms with Gasteiger partial charge in [0.2, 0.25) is 0 Å². The fourth-order valence-electron chi connectivity index (χ4n) is 2.60. The zero-order chi connectivity index (χ0) is 17.0. The lowest BCUT2D eigenvalue weighted by atomic mass is 9.95. The number of hydrogen-bond acceptors (Lipinski definition) is 2. The second kappa shape index (κ2) is 7.29. The number of amides is 2. The number of anilines is 2. The van der Waals surface area contributed by atoms with E-state index in [0.29, 0.717) is 0 Å². The summed E-state index contributed by atoms with van der Waals surface area (Å²) in [5.41, 5.74) is 3.30. The van der Waals surface area contributed by atoms with Crippen LogP contribution in [0, 0.1) is 0 Å². The highest BCUT2D eigenvalue weighted by molar-refractivity contribution is 6.02. The van der Waals surface area contributed by atoms with Crippen LogP contribution in [0.4, 0.5) is 16.2 Å². The standard InChI is InChI=1S/C19H24N2O2/c1-13(2)16-11-8-12-17(14(3)22)18(16)21(4)19(23)20-15-9-6-5-7-10-15/h5-14,22H,1-4H3,(H,20,23). The highest BCUT2D eigenvalue weighted by Crippen LogP contribution is 2.34. The molecule has 4 nitrogen and oxygen atoms in total. The van der Waals surface area contributed by atoms with E-state index < -0.39 is 6.10 Å². The van der Waals surface area contributed by atoms with Crippen molar-refractivity contribution in [1.29, 1.82) is 0 Å². The molecule has 2 amide bonds. The van der Waals surface area contributed by atoms with E-state index in [9.17, 15) is 9.90 Å². The molecule has 0 spiro atoms. The molecule has 23 heavy (non-hydrogen) atoms. The number of hydrogen-bond donors (Lipinski definition) is 2. The first-order valence-electron chi connectivity index (χ1n) is 7.82. The number of urea groups is 1. The fraction of sp³-hybridized carbons (Fsp3) is 0.316. The van der Waals surface area contributed by atoms with Crippen LogP contribution in [-0.4, -0.2) is 18.2 Å². The molecular formula is C19H24N2O2. The van der Waals surface area contributed by atoms with Crippen molar-refractivity contribution in [3.63, 3.8) is 0 Å². The van der Waals surface area contributed by atoms with E-state index >= 15 is 0 Å². The zero-order valence-electron chi connectivity index (χ0n) is 14.1. The predicted octanol–water partition coefficient (Wildman–Crippen LogP) is 4.53. The monoisotopic (exact) mass is 312 g/mol. The summed E-state index contributed by atoms with van der Waals surface area (Å²) in [6.07, 6.45) is -0.643. The molecule has 2 N–H and O–H groups in total. The fourth-order valence-corrected chi connectivity index (χ4v) is 2.60. The van der Waals surface area contributed by atoms with Crippen LogP contribution in [0.1, 0.15) is 43.9 Å². The highest BCUT2D eigenvalue weighted by Gasteiger charge is 2.21. The van der Waals surface area contributed by atoms with Gasteiger partial charge in [-0.05, 0) is 30.5 Å². The van der Waals surface area contributed by atoms with Crippen LogP contribution in [0.15, 0.2) is 48.5 Å². The Kier molecular flexibility index (Phi) is 5.40. The second-order valence-corrected chi connectivity index (χ2v) is 5.97. The smallest absolute Gasteiger partial charge is 0.326 e. The Hall–Kier alpha value is -2.33. The Balaban J connectivity index is 2.37. The summed E-state index contributed by atoms with van der Waals surface area (Å²) in [6, 6.07) is 14.9. The van der Waals surface area contributed by atoms with Crippen LogP contribution in [-0.2, 0) is 0 Å². The molecule has 0 saturated carbocycles. The second-order valence-electron chi connectivity index (χ2n) is 5.97. The van der Waals surface area contributed by atoms with Crippen molar-refractivity contribution in [3.8, 4) is 0 Å². The molecule has 122 valence electrons. The number of carbonyl (C=O) groups is 1. The average molecular weight is 312 g/mol. The van der Waals surface area contributed by atoms with Gasteiger partial charge in [-0.2, -0.15) is 0 Å². The number of benzene rings is 2. The summed E-state index contributed by atoms with van der Waals surface area (Å²) in [5.74, 6) is 0.246. The number of aliphatic hydroxyl groups excluding tert-OH is 1. The number of nitrogens with one attached hydrogen (secondary N) is 1. The van der Waals surface area contributed by atoms with Gasteiger partial charge >= 0.3 is 6.03 Å². The number of nitrogens with zero attached hydrogens (tertiary/aromatic N) is 1. The van der Waals surface area contributed by atoms with Gasteiger partial charge in [0.05, 0.1) is 11.8 Å². The topological polar surface area (TPSA) is 52.6 Å². The zero-order valence-corrected chi connectivity index (χ0v) is 14.1. The van der Waals surface area contributed by atoms with E-state index in [1.54, 1.807) is 18.9 Å². The minimum Gasteiger partial charge on any atom is -0.389 e. The first-order chi connectivity index (χ1) is 10.9. The van der Waals surface area contributed by atoms with Crippen molar-refractivity contribution in [1.82, 2.24) is 0 Å². The molecule has 0 saturated heterocycles. The van der Waals surface area contributed by atoms with Crippen LogP contribution < -0.4 is 10.2 Å². The van der Waals surface area contributed by atoms with Crippen LogP contribution in [0.3, 0.4) is 0 Å². The van der Waals surface area contributed by atoms with E-state index in [1.165, 1.54) is 0 Å². The first kappa shape index (κ1) is 17.0. The summed E-state index contributed by atoms with van der Waals surface area (Å²) >= 11 is 0. The quantitative estimate of drug-likeness (QED) is 0.871. The van der Waals surface area contributed by atoms with E-state index in [4.69, 9.17) is 0 Å². The summed E-state index contributed by atoms with van der Waals surface area (Å²) in [6.45, 7) is 5.87. The third kappa shape index (κ3) is 3.90. The summed E-state index contributed by atoms with van der Waals surface area (Å²) in [5, 5.41) is 13.0. The molecule has 4 heteroatoms. The van der Waals surface area contributed by atoms with Gasteiger partial charge in [0.25, 0.3) is 0 Å². The molecule has 0 aromatic heterocycles. The maximum atomic E-state index is 12.6. The molecule has 2 aromatic rings. The molecule has 0 radical (unpaired) electrons. The number of carbonyl (C=O) groups excluding carboxylic acids is 1. The van der Waals surface area contributed by atoms with Gasteiger partial charge in [0.15, 0.2) is 0 Å². The van der Waals surface area contributed by atoms with Crippen LogP contribution in [0.2, 0.25) is 0 Å². The van der Waals surface area contributed by atoms with Gasteiger partial charge in [0.1, 0.15) is 0 Å². The van der Waals surface area contributed by atoms with Gasteiger partial charge < -0.3 is 10.4 Å². The van der Waals surface area contributed by atoms with Gasteiger partial charge in [-0.25, -0.2) is 4.79 Å². The van der Waals surface area contributed by atoms with Crippen LogP contribution in [0.25, 0.3) is 0 Å². The van der Waals surface area contributed by atoms with Gasteiger partial charge in [0, 0.05) is 18.3 Å². The molecule has 2 aromatic carbocycles. The van der Waals surface area contributed by atoms with Crippen LogP contribution in [0.5, 0.6) is 0 Å². The van der Waals surface area contributed by atoms with E-state index in [-0.39, 0.29) is 11.9 Å². The average Bonchev–Trinajstić information content (AvgIpc) is 2.54. The molecule has 0 fully saturated rings. The van der Waals surface area contributed by atoms with E-state index in [1.807, 2.05) is 48.5 Å². The van der Waals surface area contributed by atoms with Crippen molar-refractivity contribution in [2.45, 2.75) is 32.8 Å². The Morgan fingerprint density at radius 2 is 1.61 bits per heavy atom. The van der Waals surface area contributed by atoms with Crippen molar-refractivity contribution in [2.24, 2.45) is 0 Å². The normalized spacial score (nSPS) is 12.1. The lowest BCUT2D eigenvalue weighted by Crippen LogP contribution is -2.33. The summed E-state index contributed by atoms with van der Waals surface area (Å²) in [7, 11) is 1.73. The number of para-hydroxylation sites is 2. The molecule has 0 aliphatic rings. The molecule has 0 aliphatic carbocycles. The summed E-state index contributed by atoms with van der Waals surface area (Å²) in [4.78, 5) is 14.2. The molecular weight excluding hydrogens is 288 g/mol. The molecule has 1 atom stereocenters. The van der Waals surface area contributed by atoms with Crippen molar-refractivity contribution in [2.75, 3.05) is 17.3 Å². The van der Waals surface area contributed by atoms with E-state index in [2.05, 4.69) is 19.2 Å². The van der Waals surface area contributed by atoms with Crippen molar-refractivity contribution < 1.29 is 9.90 Å². The first-order valence-corrected chi connectivity index (χ1v) is 7.82. The Labute approximate surface area is 137 Å². The van der Waals surface area contributed by atoms with Gasteiger partial charge in [-0.3, -0.25) is 4.90 Å². The predicted molar refractivity (Wildman–Crippen MR) is 95.0 cm³/mol. The minimum atomic E-state index is -0.643. The molecule has 2 rings (SSSR count). The minimum absolute atomic E-state index is 0.230. The SMILES string of the molecule is CC(C)c1cccc(C(C)O)c1N(C)C(=O)Nc1ccccc1. The Bertz CT molecular complexity index is 640. The summed E-state index contributed by atoms with van der Waals surface area (Å²) < 4.78 is 0. The maximum absolute atomic E-state index is 12.6. The van der Waals surface area contributed by atoms with Crippen LogP contribution >= 0.6 is 0 Å². The lowest BCUT2D eigenvalue weighted by Gasteiger charge is -2.26. The third-order valence-electron chi connectivity index (χ3n) is 3.84. The Morgan fingerprint density at radius 3 is 2.17 bits per heavy atom. The van der Waals surface area contributed by atoms with E-state index in [0.717, 1.165) is 22.5 Å². The Morgan fingerprint density at radius 1 is 1.00 bits per heavy atom. The third-order valence-corrected chi connectivity index (χ3v) is 3.84. The lowest BCUT2D eigenvalue weighted by molar-refractivity contribution is 0.199. The molecule has 1 unspecified atom stereocenters. The van der Waals surface area contributed by atoms with Gasteiger partial charge in [-0.1, -0.05) is 50.2 Å².